The number of nitrogens with one attached hydrogen (secondary N) is 1. The minimum atomic E-state index is 0.691. The second-order valence-electron chi connectivity index (χ2n) is 7.47. The Balaban J connectivity index is 1.40. The van der Waals surface area contributed by atoms with Crippen LogP contribution in [0.15, 0.2) is 42.5 Å². The maximum Gasteiger partial charge on any atom is 0.134 e. The minimum Gasteiger partial charge on any atom is -0.496 e. The number of rotatable bonds is 10. The number of methoxy groups -OCH3 is 2. The molecule has 1 fully saturated rings. The lowest BCUT2D eigenvalue weighted by molar-refractivity contribution is 0.153. The smallest absolute Gasteiger partial charge is 0.134 e. The van der Waals surface area contributed by atoms with Crippen LogP contribution in [0, 0.1) is 0 Å². The van der Waals surface area contributed by atoms with Crippen molar-refractivity contribution in [3.05, 3.63) is 48.0 Å². The summed E-state index contributed by atoms with van der Waals surface area (Å²) < 4.78 is 16.5. The highest BCUT2D eigenvalue weighted by Gasteiger charge is 2.12. The largest absolute Gasteiger partial charge is 0.496 e. The van der Waals surface area contributed by atoms with E-state index in [9.17, 15) is 0 Å². The van der Waals surface area contributed by atoms with Gasteiger partial charge in [0.25, 0.3) is 0 Å². The third-order valence-corrected chi connectivity index (χ3v) is 5.24. The predicted molar refractivity (Wildman–Crippen MR) is 116 cm³/mol. The van der Waals surface area contributed by atoms with Gasteiger partial charge >= 0.3 is 0 Å². The molecule has 1 N–H and O–H groups in total. The van der Waals surface area contributed by atoms with Crippen LogP contribution in [0.2, 0.25) is 0 Å². The SMILES string of the molecule is COc1cc(OC)cc(Oc2ccc(CNCCCN3CCN(C)CC3)cc2)c1. The number of benzene rings is 2. The molecule has 0 bridgehead atoms. The molecule has 0 aliphatic carbocycles. The highest BCUT2D eigenvalue weighted by Crippen LogP contribution is 2.30. The van der Waals surface area contributed by atoms with E-state index in [4.69, 9.17) is 14.2 Å². The Kier molecular flexibility index (Phi) is 8.16. The molecule has 0 spiro atoms. The van der Waals surface area contributed by atoms with Gasteiger partial charge in [-0.25, -0.2) is 0 Å². The highest BCUT2D eigenvalue weighted by molar-refractivity contribution is 5.44. The van der Waals surface area contributed by atoms with E-state index in [0.29, 0.717) is 17.2 Å². The summed E-state index contributed by atoms with van der Waals surface area (Å²) in [6.07, 6.45) is 1.18. The second kappa shape index (κ2) is 11.0. The quantitative estimate of drug-likeness (QED) is 0.619. The Morgan fingerprint density at radius 1 is 0.828 bits per heavy atom. The van der Waals surface area contributed by atoms with Crippen LogP contribution in [0.3, 0.4) is 0 Å². The monoisotopic (exact) mass is 399 g/mol. The number of ether oxygens (including phenoxy) is 3. The van der Waals surface area contributed by atoms with Crippen molar-refractivity contribution in [3.63, 3.8) is 0 Å². The Hall–Kier alpha value is -2.28. The highest BCUT2D eigenvalue weighted by atomic mass is 16.5. The summed E-state index contributed by atoms with van der Waals surface area (Å²) in [5.41, 5.74) is 1.25. The zero-order chi connectivity index (χ0) is 20.5. The zero-order valence-electron chi connectivity index (χ0n) is 17.8. The molecule has 158 valence electrons. The molecule has 3 rings (SSSR count). The Morgan fingerprint density at radius 2 is 1.45 bits per heavy atom. The van der Waals surface area contributed by atoms with Crippen molar-refractivity contribution in [1.29, 1.82) is 0 Å². The lowest BCUT2D eigenvalue weighted by Gasteiger charge is -2.32. The van der Waals surface area contributed by atoms with Gasteiger partial charge in [-0.3, -0.25) is 0 Å². The van der Waals surface area contributed by atoms with Gasteiger partial charge < -0.3 is 29.3 Å². The number of piperazine rings is 1. The molecule has 0 saturated carbocycles. The molecule has 6 heteroatoms. The van der Waals surface area contributed by atoms with E-state index in [0.717, 1.165) is 18.8 Å². The number of hydrogen-bond donors (Lipinski definition) is 1. The van der Waals surface area contributed by atoms with Gasteiger partial charge in [0.2, 0.25) is 0 Å². The topological polar surface area (TPSA) is 46.2 Å². The summed E-state index contributed by atoms with van der Waals surface area (Å²) in [4.78, 5) is 4.95. The molecule has 1 saturated heterocycles. The first kappa shape index (κ1) is 21.4. The Labute approximate surface area is 174 Å². The van der Waals surface area contributed by atoms with Gasteiger partial charge in [0.05, 0.1) is 14.2 Å². The third kappa shape index (κ3) is 6.92. The summed E-state index contributed by atoms with van der Waals surface area (Å²) in [7, 11) is 5.46. The maximum absolute atomic E-state index is 5.95. The fourth-order valence-electron chi connectivity index (χ4n) is 3.38. The molecular weight excluding hydrogens is 366 g/mol. The molecule has 1 heterocycles. The van der Waals surface area contributed by atoms with Crippen molar-refractivity contribution in [1.82, 2.24) is 15.1 Å². The van der Waals surface area contributed by atoms with Gasteiger partial charge in [-0.1, -0.05) is 12.1 Å². The molecule has 0 atom stereocenters. The van der Waals surface area contributed by atoms with E-state index in [1.165, 1.54) is 44.7 Å². The predicted octanol–water partition coefficient (Wildman–Crippen LogP) is 3.22. The van der Waals surface area contributed by atoms with Gasteiger partial charge in [0.1, 0.15) is 23.0 Å². The maximum atomic E-state index is 5.95. The van der Waals surface area contributed by atoms with Crippen LogP contribution in [0.4, 0.5) is 0 Å². The zero-order valence-corrected chi connectivity index (χ0v) is 17.8. The van der Waals surface area contributed by atoms with Gasteiger partial charge in [0, 0.05) is 50.9 Å². The van der Waals surface area contributed by atoms with Crippen LogP contribution in [-0.4, -0.2) is 70.3 Å². The van der Waals surface area contributed by atoms with Crippen LogP contribution in [-0.2, 0) is 6.54 Å². The summed E-state index contributed by atoms with van der Waals surface area (Å²) in [6, 6.07) is 13.7. The lowest BCUT2D eigenvalue weighted by atomic mass is 10.2. The Morgan fingerprint density at radius 3 is 2.07 bits per heavy atom. The fourth-order valence-corrected chi connectivity index (χ4v) is 3.38. The summed E-state index contributed by atoms with van der Waals surface area (Å²) in [6.45, 7) is 7.84. The van der Waals surface area contributed by atoms with Crippen LogP contribution < -0.4 is 19.5 Å². The van der Waals surface area contributed by atoms with Gasteiger partial charge in [-0.15, -0.1) is 0 Å². The molecule has 6 nitrogen and oxygen atoms in total. The average Bonchev–Trinajstić information content (AvgIpc) is 2.75. The van der Waals surface area contributed by atoms with Crippen LogP contribution in [0.1, 0.15) is 12.0 Å². The molecule has 0 radical (unpaired) electrons. The van der Waals surface area contributed by atoms with Crippen molar-refractivity contribution in [3.8, 4) is 23.0 Å². The van der Waals surface area contributed by atoms with Crippen molar-refractivity contribution < 1.29 is 14.2 Å². The molecule has 1 aliphatic rings. The van der Waals surface area contributed by atoms with E-state index in [2.05, 4.69) is 34.3 Å². The number of nitrogens with zero attached hydrogens (tertiary/aromatic N) is 2. The average molecular weight is 400 g/mol. The van der Waals surface area contributed by atoms with Gasteiger partial charge in [-0.05, 0) is 44.3 Å². The van der Waals surface area contributed by atoms with Crippen LogP contribution in [0.25, 0.3) is 0 Å². The normalized spacial score (nSPS) is 15.3. The van der Waals surface area contributed by atoms with Crippen LogP contribution in [0.5, 0.6) is 23.0 Å². The fraction of sp³-hybridized carbons (Fsp3) is 0.478. The molecule has 2 aromatic carbocycles. The first-order valence-corrected chi connectivity index (χ1v) is 10.3. The number of likely N-dealkylation sites (N-methyl/N-ethyl adjacent to an activating group) is 1. The molecule has 0 amide bonds. The van der Waals surface area contributed by atoms with E-state index >= 15 is 0 Å². The lowest BCUT2D eigenvalue weighted by Crippen LogP contribution is -2.45. The third-order valence-electron chi connectivity index (χ3n) is 5.24. The molecule has 0 aromatic heterocycles. The molecular formula is C23H33N3O3. The molecule has 2 aromatic rings. The van der Waals surface area contributed by atoms with E-state index in [1.54, 1.807) is 14.2 Å². The Bertz CT molecular complexity index is 721. The van der Waals surface area contributed by atoms with Crippen molar-refractivity contribution >= 4 is 0 Å². The second-order valence-corrected chi connectivity index (χ2v) is 7.47. The first-order chi connectivity index (χ1) is 14.2. The van der Waals surface area contributed by atoms with Crippen molar-refractivity contribution in [2.24, 2.45) is 0 Å². The standard InChI is InChI=1S/C23H33N3O3/c1-25-11-13-26(14-12-25)10-4-9-24-18-19-5-7-20(8-6-19)29-23-16-21(27-2)15-22(17-23)28-3/h5-8,15-17,24H,4,9-14,18H2,1-3H3. The van der Waals surface area contributed by atoms with Crippen molar-refractivity contribution in [2.75, 3.05) is 60.5 Å². The minimum absolute atomic E-state index is 0.691. The summed E-state index contributed by atoms with van der Waals surface area (Å²) >= 11 is 0. The van der Waals surface area contributed by atoms with E-state index in [-0.39, 0.29) is 0 Å². The van der Waals surface area contributed by atoms with Crippen molar-refractivity contribution in [2.45, 2.75) is 13.0 Å². The van der Waals surface area contributed by atoms with Crippen LogP contribution >= 0.6 is 0 Å². The van der Waals surface area contributed by atoms with Gasteiger partial charge in [0.15, 0.2) is 0 Å². The van der Waals surface area contributed by atoms with E-state index in [1.807, 2.05) is 30.3 Å². The molecule has 29 heavy (non-hydrogen) atoms. The molecule has 1 aliphatic heterocycles. The summed E-state index contributed by atoms with van der Waals surface area (Å²) in [5, 5.41) is 3.54. The number of hydrogen-bond acceptors (Lipinski definition) is 6. The summed E-state index contributed by atoms with van der Waals surface area (Å²) in [5.74, 6) is 2.89. The first-order valence-electron chi connectivity index (χ1n) is 10.3. The van der Waals surface area contributed by atoms with Gasteiger partial charge in [-0.2, -0.15) is 0 Å². The molecule has 0 unspecified atom stereocenters. The van der Waals surface area contributed by atoms with E-state index < -0.39 is 0 Å².